The lowest BCUT2D eigenvalue weighted by Gasteiger charge is -2.20. The fraction of sp³-hybridized carbons (Fsp3) is 0.500. The lowest BCUT2D eigenvalue weighted by atomic mass is 10.1. The number of carboxylic acid groups (broad SMARTS) is 1. The minimum atomic E-state index is -4.58. The Morgan fingerprint density at radius 1 is 1.65 bits per heavy atom. The lowest BCUT2D eigenvalue weighted by molar-refractivity contribution is -0.165. The van der Waals surface area contributed by atoms with E-state index in [1.54, 1.807) is 0 Å². The molecule has 0 spiro atoms. The molecular formula is C8H7F3N2O3S. The third-order valence-corrected chi connectivity index (χ3v) is 3.09. The highest BCUT2D eigenvalue weighted by Gasteiger charge is 2.48. The molecule has 0 radical (unpaired) electrons. The summed E-state index contributed by atoms with van der Waals surface area (Å²) in [7, 11) is 0. The summed E-state index contributed by atoms with van der Waals surface area (Å²) in [5.74, 6) is -1.41. The number of aromatic nitrogens is 1. The van der Waals surface area contributed by atoms with Crippen LogP contribution in [0.4, 0.5) is 13.2 Å². The number of nitrogens with one attached hydrogen (secondary N) is 1. The Hall–Kier alpha value is -1.19. The van der Waals surface area contributed by atoms with Gasteiger partial charge in [-0.05, 0) is 0 Å². The molecule has 1 aliphatic rings. The van der Waals surface area contributed by atoms with Crippen LogP contribution in [0.3, 0.4) is 0 Å². The van der Waals surface area contributed by atoms with Gasteiger partial charge in [0.05, 0.1) is 6.61 Å². The molecule has 0 bridgehead atoms. The van der Waals surface area contributed by atoms with Crippen LogP contribution in [0.25, 0.3) is 0 Å². The van der Waals surface area contributed by atoms with E-state index in [4.69, 9.17) is 9.84 Å². The Bertz CT molecular complexity index is 439. The topological polar surface area (TPSA) is 71.5 Å². The van der Waals surface area contributed by atoms with Gasteiger partial charge in [-0.1, -0.05) is 0 Å². The number of thiazole rings is 1. The van der Waals surface area contributed by atoms with Gasteiger partial charge < -0.3 is 9.84 Å². The van der Waals surface area contributed by atoms with Gasteiger partial charge in [0, 0.05) is 11.9 Å². The van der Waals surface area contributed by atoms with E-state index >= 15 is 0 Å². The average Bonchev–Trinajstić information content (AvgIpc) is 2.86. The summed E-state index contributed by atoms with van der Waals surface area (Å²) in [6.07, 6.45) is -4.58. The normalized spacial score (nSPS) is 25.1. The molecule has 17 heavy (non-hydrogen) atoms. The van der Waals surface area contributed by atoms with Gasteiger partial charge in [0.1, 0.15) is 5.69 Å². The van der Waals surface area contributed by atoms with Crippen molar-refractivity contribution in [2.75, 3.05) is 13.2 Å². The van der Waals surface area contributed by atoms with Crippen molar-refractivity contribution in [3.8, 4) is 0 Å². The summed E-state index contributed by atoms with van der Waals surface area (Å²) in [6.45, 7) is 0.344. The quantitative estimate of drug-likeness (QED) is 0.838. The molecule has 0 amide bonds. The molecule has 1 unspecified atom stereocenters. The molecule has 2 N–H and O–H groups in total. The predicted molar refractivity (Wildman–Crippen MR) is 50.4 cm³/mol. The number of hydrogen-bond donors (Lipinski definition) is 2. The van der Waals surface area contributed by atoms with E-state index < -0.39 is 22.9 Å². The smallest absolute Gasteiger partial charge is 0.443 e. The van der Waals surface area contributed by atoms with Crippen LogP contribution in [0.2, 0.25) is 0 Å². The molecule has 1 aromatic rings. The molecule has 1 aromatic heterocycles. The Morgan fingerprint density at radius 2 is 2.35 bits per heavy atom. The fourth-order valence-electron chi connectivity index (χ4n) is 1.46. The number of nitrogens with zero attached hydrogens (tertiary/aromatic N) is 1. The van der Waals surface area contributed by atoms with Gasteiger partial charge in [-0.3, -0.25) is 5.32 Å². The minimum absolute atomic E-state index is 0.102. The largest absolute Gasteiger partial charge is 0.478 e. The maximum absolute atomic E-state index is 12.4. The fourth-order valence-corrected chi connectivity index (χ4v) is 2.19. The first-order valence-corrected chi connectivity index (χ1v) is 5.40. The first-order chi connectivity index (χ1) is 7.86. The lowest BCUT2D eigenvalue weighted by Crippen LogP contribution is -2.46. The molecule has 1 fully saturated rings. The van der Waals surface area contributed by atoms with Crippen molar-refractivity contribution in [1.82, 2.24) is 10.3 Å². The molecule has 9 heteroatoms. The van der Waals surface area contributed by atoms with E-state index in [-0.39, 0.29) is 18.8 Å². The number of carboxylic acids is 1. The zero-order chi connectivity index (χ0) is 12.7. The monoisotopic (exact) mass is 268 g/mol. The minimum Gasteiger partial charge on any atom is -0.478 e. The standard InChI is InChI=1S/C8H7F3N2O3S/c9-8(10,11)5-13-4(3-17-5)7(6(14)15)12-1-2-16-7/h3,12H,1-2H2,(H,14,15). The van der Waals surface area contributed by atoms with Crippen LogP contribution in [0.15, 0.2) is 5.38 Å². The average molecular weight is 268 g/mol. The summed E-state index contributed by atoms with van der Waals surface area (Å²) < 4.78 is 42.0. The third-order valence-electron chi connectivity index (χ3n) is 2.20. The van der Waals surface area contributed by atoms with Crippen LogP contribution in [0.1, 0.15) is 10.7 Å². The van der Waals surface area contributed by atoms with Gasteiger partial charge in [0.15, 0.2) is 5.01 Å². The van der Waals surface area contributed by atoms with Crippen molar-refractivity contribution in [2.45, 2.75) is 11.9 Å². The van der Waals surface area contributed by atoms with Crippen molar-refractivity contribution >= 4 is 17.3 Å². The molecule has 0 aromatic carbocycles. The first kappa shape index (κ1) is 12.3. The van der Waals surface area contributed by atoms with Crippen molar-refractivity contribution in [1.29, 1.82) is 0 Å². The number of alkyl halides is 3. The second-order valence-corrected chi connectivity index (χ2v) is 4.16. The van der Waals surface area contributed by atoms with Crippen molar-refractivity contribution in [3.05, 3.63) is 16.1 Å². The third kappa shape index (κ3) is 2.01. The van der Waals surface area contributed by atoms with Gasteiger partial charge in [-0.25, -0.2) is 9.78 Å². The molecule has 2 heterocycles. The highest BCUT2D eigenvalue weighted by Crippen LogP contribution is 2.35. The van der Waals surface area contributed by atoms with Crippen molar-refractivity contribution < 1.29 is 27.8 Å². The summed E-state index contributed by atoms with van der Waals surface area (Å²) in [5.41, 5.74) is -2.24. The van der Waals surface area contributed by atoms with Crippen LogP contribution in [0.5, 0.6) is 0 Å². The summed E-state index contributed by atoms with van der Waals surface area (Å²) in [6, 6.07) is 0. The molecule has 94 valence electrons. The van der Waals surface area contributed by atoms with Crippen LogP contribution in [0, 0.1) is 0 Å². The number of hydrogen-bond acceptors (Lipinski definition) is 5. The zero-order valence-electron chi connectivity index (χ0n) is 8.24. The van der Waals surface area contributed by atoms with E-state index in [1.807, 2.05) is 0 Å². The second kappa shape index (κ2) is 3.93. The molecule has 1 aliphatic heterocycles. The van der Waals surface area contributed by atoms with Gasteiger partial charge in [0.25, 0.3) is 5.72 Å². The SMILES string of the molecule is O=C(O)C1(c2csc(C(F)(F)F)n2)NCCO1. The van der Waals surface area contributed by atoms with Crippen LogP contribution in [-0.2, 0) is 21.4 Å². The molecular weight excluding hydrogens is 261 g/mol. The van der Waals surface area contributed by atoms with E-state index in [0.29, 0.717) is 11.3 Å². The maximum Gasteiger partial charge on any atom is 0.443 e. The summed E-state index contributed by atoms with van der Waals surface area (Å²) >= 11 is 0.340. The van der Waals surface area contributed by atoms with Gasteiger partial charge in [-0.15, -0.1) is 11.3 Å². The second-order valence-electron chi connectivity index (χ2n) is 3.30. The number of halogens is 3. The highest BCUT2D eigenvalue weighted by atomic mass is 32.1. The number of ether oxygens (including phenoxy) is 1. The Balaban J connectivity index is 2.39. The molecule has 1 saturated heterocycles. The van der Waals surface area contributed by atoms with E-state index in [9.17, 15) is 18.0 Å². The number of rotatable bonds is 2. The van der Waals surface area contributed by atoms with Crippen LogP contribution >= 0.6 is 11.3 Å². The number of aliphatic carboxylic acids is 1. The van der Waals surface area contributed by atoms with E-state index in [0.717, 1.165) is 5.38 Å². The van der Waals surface area contributed by atoms with Gasteiger partial charge in [-0.2, -0.15) is 13.2 Å². The van der Waals surface area contributed by atoms with Crippen molar-refractivity contribution in [3.63, 3.8) is 0 Å². The maximum atomic E-state index is 12.4. The highest BCUT2D eigenvalue weighted by molar-refractivity contribution is 7.09. The Kier molecular flexibility index (Phi) is 2.84. The molecule has 1 atom stereocenters. The summed E-state index contributed by atoms with van der Waals surface area (Å²) in [4.78, 5) is 14.4. The van der Waals surface area contributed by atoms with E-state index in [1.165, 1.54) is 0 Å². The van der Waals surface area contributed by atoms with E-state index in [2.05, 4.69) is 10.3 Å². The van der Waals surface area contributed by atoms with Crippen LogP contribution in [-0.4, -0.2) is 29.2 Å². The predicted octanol–water partition coefficient (Wildman–Crippen LogP) is 1.02. The molecule has 5 nitrogen and oxygen atoms in total. The molecule has 0 saturated carbocycles. The van der Waals surface area contributed by atoms with Crippen molar-refractivity contribution in [2.24, 2.45) is 0 Å². The van der Waals surface area contributed by atoms with Gasteiger partial charge in [0.2, 0.25) is 0 Å². The zero-order valence-corrected chi connectivity index (χ0v) is 9.06. The van der Waals surface area contributed by atoms with Gasteiger partial charge >= 0.3 is 12.1 Å². The van der Waals surface area contributed by atoms with Crippen LogP contribution < -0.4 is 5.32 Å². The Morgan fingerprint density at radius 3 is 2.76 bits per heavy atom. The molecule has 2 rings (SSSR count). The first-order valence-electron chi connectivity index (χ1n) is 4.52. The Labute approximate surface area is 97.2 Å². The summed E-state index contributed by atoms with van der Waals surface area (Å²) in [5, 5.41) is 11.5. The molecule has 0 aliphatic carbocycles. The number of carbonyl (C=O) groups is 1.